The summed E-state index contributed by atoms with van der Waals surface area (Å²) in [4.78, 5) is 14.2. The van der Waals surface area contributed by atoms with Crippen molar-refractivity contribution >= 4 is 27.6 Å². The molecule has 4 nitrogen and oxygen atoms in total. The Bertz CT molecular complexity index is 1230. The molecular formula is C19H14F3N3O. The molecule has 1 N–H and O–H groups in total. The highest BCUT2D eigenvalue weighted by Gasteiger charge is 2.36. The zero-order chi connectivity index (χ0) is 18.6. The Morgan fingerprint density at radius 1 is 1.23 bits per heavy atom. The molecule has 0 fully saturated rings. The van der Waals surface area contributed by atoms with Gasteiger partial charge in [0.25, 0.3) is 0 Å². The summed E-state index contributed by atoms with van der Waals surface area (Å²) in [7, 11) is 0. The Labute approximate surface area is 145 Å². The quantitative estimate of drug-likeness (QED) is 0.596. The van der Waals surface area contributed by atoms with Crippen LogP contribution < -0.4 is 5.35 Å². The number of nitrogens with one attached hydrogen (secondary N) is 1. The lowest BCUT2D eigenvalue weighted by Crippen LogP contribution is -2.13. The molecule has 2 heterocycles. The number of aryl methyl sites for hydroxylation is 2. The Morgan fingerprint density at radius 3 is 2.62 bits per heavy atom. The van der Waals surface area contributed by atoms with Crippen LogP contribution in [-0.4, -0.2) is 20.7 Å². The van der Waals surface area contributed by atoms with E-state index in [4.69, 9.17) is 0 Å². The number of aromatic amines is 1. The Balaban J connectivity index is 2.17. The van der Waals surface area contributed by atoms with Crippen LogP contribution in [0.5, 0.6) is 0 Å². The van der Waals surface area contributed by atoms with Gasteiger partial charge in [-0.1, -0.05) is 25.1 Å². The molecule has 2 aromatic carbocycles. The van der Waals surface area contributed by atoms with Crippen LogP contribution in [0.25, 0.3) is 27.4 Å². The van der Waals surface area contributed by atoms with Gasteiger partial charge < -0.3 is 4.98 Å². The summed E-state index contributed by atoms with van der Waals surface area (Å²) in [6.07, 6.45) is -4.13. The number of hydrogen-bond acceptors (Lipinski definition) is 2. The van der Waals surface area contributed by atoms with E-state index < -0.39 is 11.9 Å². The monoisotopic (exact) mass is 357 g/mol. The molecule has 0 unspecified atom stereocenters. The van der Waals surface area contributed by atoms with E-state index in [1.54, 1.807) is 38.1 Å². The van der Waals surface area contributed by atoms with Crippen molar-refractivity contribution in [3.05, 3.63) is 52.6 Å². The normalized spacial score (nSPS) is 12.2. The first-order valence-corrected chi connectivity index (χ1v) is 8.10. The maximum Gasteiger partial charge on any atom is 0.433 e. The van der Waals surface area contributed by atoms with Crippen molar-refractivity contribution in [2.24, 2.45) is 0 Å². The highest BCUT2D eigenvalue weighted by Crippen LogP contribution is 2.36. The topological polar surface area (TPSA) is 50.7 Å². The van der Waals surface area contributed by atoms with E-state index >= 15 is 0 Å². The van der Waals surface area contributed by atoms with E-state index in [-0.39, 0.29) is 5.35 Å². The zero-order valence-electron chi connectivity index (χ0n) is 14.0. The SMILES string of the molecule is CCc1cc(C(F)(F)F)n(-c2cc(C)c3[nH]c(=C=O)c4cccc2c34)n1. The summed E-state index contributed by atoms with van der Waals surface area (Å²) in [6, 6.07) is 7.93. The summed E-state index contributed by atoms with van der Waals surface area (Å²) >= 11 is 0. The van der Waals surface area contributed by atoms with E-state index in [0.717, 1.165) is 16.3 Å². The van der Waals surface area contributed by atoms with E-state index in [1.165, 1.54) is 0 Å². The number of rotatable bonds is 2. The van der Waals surface area contributed by atoms with Crippen LogP contribution in [0.4, 0.5) is 13.2 Å². The first-order chi connectivity index (χ1) is 12.3. The molecule has 0 aliphatic heterocycles. The fourth-order valence-corrected chi connectivity index (χ4v) is 3.39. The summed E-state index contributed by atoms with van der Waals surface area (Å²) in [5.41, 5.74) is 1.33. The molecule has 0 atom stereocenters. The number of aromatic nitrogens is 3. The van der Waals surface area contributed by atoms with Gasteiger partial charge in [-0.15, -0.1) is 0 Å². The van der Waals surface area contributed by atoms with Crippen molar-refractivity contribution in [1.82, 2.24) is 14.8 Å². The van der Waals surface area contributed by atoms with Gasteiger partial charge in [0.2, 0.25) is 0 Å². The summed E-state index contributed by atoms with van der Waals surface area (Å²) in [6.45, 7) is 3.55. The third-order valence-corrected chi connectivity index (χ3v) is 4.60. The van der Waals surface area contributed by atoms with Gasteiger partial charge in [-0.05, 0) is 31.0 Å². The van der Waals surface area contributed by atoms with Crippen molar-refractivity contribution in [2.45, 2.75) is 26.4 Å². The summed E-state index contributed by atoms with van der Waals surface area (Å²) in [5.74, 6) is 1.86. The van der Waals surface area contributed by atoms with Crippen molar-refractivity contribution in [3.63, 3.8) is 0 Å². The average molecular weight is 357 g/mol. The van der Waals surface area contributed by atoms with E-state index in [2.05, 4.69) is 10.1 Å². The number of nitrogens with zero attached hydrogens (tertiary/aromatic N) is 2. The molecule has 2 aromatic heterocycles. The highest BCUT2D eigenvalue weighted by atomic mass is 19.4. The van der Waals surface area contributed by atoms with E-state index in [9.17, 15) is 18.0 Å². The molecule has 0 aliphatic rings. The van der Waals surface area contributed by atoms with Gasteiger partial charge in [-0.2, -0.15) is 18.3 Å². The van der Waals surface area contributed by atoms with E-state index in [0.29, 0.717) is 39.5 Å². The Kier molecular flexibility index (Phi) is 3.46. The fraction of sp³-hybridized carbons (Fsp3) is 0.211. The Hall–Kier alpha value is -3.05. The number of H-pyrrole nitrogens is 1. The molecule has 26 heavy (non-hydrogen) atoms. The number of halogens is 3. The van der Waals surface area contributed by atoms with Crippen molar-refractivity contribution < 1.29 is 18.0 Å². The van der Waals surface area contributed by atoms with Gasteiger partial charge in [-0.25, -0.2) is 9.48 Å². The maximum absolute atomic E-state index is 13.5. The largest absolute Gasteiger partial charge is 0.433 e. The van der Waals surface area contributed by atoms with Gasteiger partial charge in [0.15, 0.2) is 5.94 Å². The molecule has 132 valence electrons. The molecule has 0 radical (unpaired) electrons. The van der Waals surface area contributed by atoms with Crippen LogP contribution in [-0.2, 0) is 17.4 Å². The van der Waals surface area contributed by atoms with Crippen LogP contribution in [0.15, 0.2) is 30.3 Å². The Morgan fingerprint density at radius 2 is 1.96 bits per heavy atom. The zero-order valence-corrected chi connectivity index (χ0v) is 14.0. The minimum atomic E-state index is -4.52. The lowest BCUT2D eigenvalue weighted by atomic mass is 10.0. The minimum Gasteiger partial charge on any atom is -0.345 e. The molecule has 0 spiro atoms. The van der Waals surface area contributed by atoms with Gasteiger partial charge >= 0.3 is 6.18 Å². The predicted octanol–water partition coefficient (Wildman–Crippen LogP) is 3.62. The van der Waals surface area contributed by atoms with Crippen LogP contribution in [0.2, 0.25) is 0 Å². The van der Waals surface area contributed by atoms with Crippen molar-refractivity contribution in [3.8, 4) is 5.69 Å². The van der Waals surface area contributed by atoms with Gasteiger partial charge in [0, 0.05) is 16.2 Å². The number of alkyl halides is 3. The summed E-state index contributed by atoms with van der Waals surface area (Å²) < 4.78 is 41.6. The predicted molar refractivity (Wildman–Crippen MR) is 92.1 cm³/mol. The highest BCUT2D eigenvalue weighted by molar-refractivity contribution is 6.14. The molecule has 4 rings (SSSR count). The second-order valence-corrected chi connectivity index (χ2v) is 6.20. The smallest absolute Gasteiger partial charge is 0.345 e. The van der Waals surface area contributed by atoms with Crippen LogP contribution >= 0.6 is 0 Å². The second-order valence-electron chi connectivity index (χ2n) is 6.20. The molecule has 0 aliphatic carbocycles. The van der Waals surface area contributed by atoms with Crippen LogP contribution in [0, 0.1) is 6.92 Å². The standard InChI is InChI=1S/C19H14F3N3O/c1-3-11-8-16(19(20,21)22)25(24-11)15-7-10(2)18-17-12(14(9-26)23-18)5-4-6-13(15)17/h4-8,23H,3H2,1-2H3. The first kappa shape index (κ1) is 16.4. The van der Waals surface area contributed by atoms with E-state index in [1.807, 2.05) is 5.94 Å². The molecule has 0 saturated heterocycles. The third-order valence-electron chi connectivity index (χ3n) is 4.60. The molecule has 0 amide bonds. The van der Waals surface area contributed by atoms with Crippen LogP contribution in [0.1, 0.15) is 23.9 Å². The molecule has 7 heteroatoms. The third kappa shape index (κ3) is 2.24. The average Bonchev–Trinajstić information content (AvgIpc) is 3.20. The van der Waals surface area contributed by atoms with Gasteiger partial charge in [0.1, 0.15) is 11.0 Å². The minimum absolute atomic E-state index is 0.289. The number of hydrogen-bond donors (Lipinski definition) is 1. The molecule has 4 aromatic rings. The number of benzene rings is 2. The number of carbonyl (C=O) groups excluding carboxylic acids is 1. The molecule has 0 bridgehead atoms. The van der Waals surface area contributed by atoms with Crippen LogP contribution in [0.3, 0.4) is 0 Å². The lowest BCUT2D eigenvalue weighted by Gasteiger charge is -2.14. The lowest BCUT2D eigenvalue weighted by molar-refractivity contribution is -0.142. The molecule has 0 saturated carbocycles. The maximum atomic E-state index is 13.5. The van der Waals surface area contributed by atoms with Gasteiger partial charge in [-0.3, -0.25) is 0 Å². The second kappa shape index (κ2) is 5.47. The fourth-order valence-electron chi connectivity index (χ4n) is 3.39. The first-order valence-electron chi connectivity index (χ1n) is 8.10. The summed E-state index contributed by atoms with van der Waals surface area (Å²) in [5, 5.41) is 6.39. The molecular weight excluding hydrogens is 343 g/mol. The van der Waals surface area contributed by atoms with Crippen molar-refractivity contribution in [2.75, 3.05) is 0 Å². The van der Waals surface area contributed by atoms with Crippen molar-refractivity contribution in [1.29, 1.82) is 0 Å². The van der Waals surface area contributed by atoms with Gasteiger partial charge in [0.05, 0.1) is 16.9 Å².